The molecule has 0 bridgehead atoms. The fourth-order valence-electron chi connectivity index (χ4n) is 1.94. The van der Waals surface area contributed by atoms with Crippen LogP contribution in [0, 0.1) is 0 Å². The van der Waals surface area contributed by atoms with E-state index in [1.165, 1.54) is 12.3 Å². The lowest BCUT2D eigenvalue weighted by Crippen LogP contribution is -2.32. The molecule has 0 aliphatic rings. The highest BCUT2D eigenvalue weighted by Gasteiger charge is 2.14. The maximum atomic E-state index is 11.8. The minimum absolute atomic E-state index is 0.0341. The molecule has 0 radical (unpaired) electrons. The molecule has 0 heterocycles. The number of carbonyl (C=O) groups is 2. The van der Waals surface area contributed by atoms with Gasteiger partial charge in [-0.05, 0) is 30.2 Å². The third-order valence-electron chi connectivity index (χ3n) is 3.16. The molecular weight excluding hydrogens is 294 g/mol. The molecule has 23 heavy (non-hydrogen) atoms. The van der Waals surface area contributed by atoms with Gasteiger partial charge in [0, 0.05) is 11.3 Å². The number of carbonyl (C=O) groups excluding carboxylic acids is 2. The van der Waals surface area contributed by atoms with Gasteiger partial charge >= 0.3 is 11.8 Å². The summed E-state index contributed by atoms with van der Waals surface area (Å²) in [7, 11) is 0. The highest BCUT2D eigenvalue weighted by atomic mass is 16.3. The van der Waals surface area contributed by atoms with E-state index in [0.717, 1.165) is 12.0 Å². The Kier molecular flexibility index (Phi) is 5.46. The Morgan fingerprint density at radius 3 is 2.52 bits per heavy atom. The van der Waals surface area contributed by atoms with Gasteiger partial charge < -0.3 is 10.4 Å². The van der Waals surface area contributed by atoms with Crippen molar-refractivity contribution in [3.05, 3.63) is 59.7 Å². The summed E-state index contributed by atoms with van der Waals surface area (Å²) >= 11 is 0. The molecule has 2 rings (SSSR count). The van der Waals surface area contributed by atoms with Gasteiger partial charge in [0.25, 0.3) is 0 Å². The summed E-state index contributed by atoms with van der Waals surface area (Å²) < 4.78 is 0. The molecule has 0 spiro atoms. The normalized spacial score (nSPS) is 10.5. The molecule has 6 heteroatoms. The summed E-state index contributed by atoms with van der Waals surface area (Å²) in [6.45, 7) is 1.96. The summed E-state index contributed by atoms with van der Waals surface area (Å²) in [5.41, 5.74) is 4.09. The zero-order valence-corrected chi connectivity index (χ0v) is 12.6. The van der Waals surface area contributed by atoms with Crippen LogP contribution < -0.4 is 10.7 Å². The van der Waals surface area contributed by atoms with Crippen molar-refractivity contribution in [2.45, 2.75) is 13.3 Å². The van der Waals surface area contributed by atoms with Gasteiger partial charge in [-0.3, -0.25) is 9.59 Å². The van der Waals surface area contributed by atoms with Crippen LogP contribution in [0.1, 0.15) is 18.1 Å². The van der Waals surface area contributed by atoms with Gasteiger partial charge in [0.15, 0.2) is 0 Å². The molecule has 2 amide bonds. The zero-order valence-electron chi connectivity index (χ0n) is 12.6. The number of phenols is 1. The molecule has 2 aromatic rings. The van der Waals surface area contributed by atoms with Crippen molar-refractivity contribution < 1.29 is 14.7 Å². The number of nitrogens with zero attached hydrogens (tertiary/aromatic N) is 1. The van der Waals surface area contributed by atoms with Gasteiger partial charge in [0.05, 0.1) is 6.21 Å². The monoisotopic (exact) mass is 311 g/mol. The first-order chi connectivity index (χ1) is 11.1. The van der Waals surface area contributed by atoms with Gasteiger partial charge in [-0.15, -0.1) is 0 Å². The number of amides is 2. The van der Waals surface area contributed by atoms with Crippen LogP contribution in [0.2, 0.25) is 0 Å². The second-order valence-electron chi connectivity index (χ2n) is 4.72. The summed E-state index contributed by atoms with van der Waals surface area (Å²) in [5.74, 6) is -1.66. The van der Waals surface area contributed by atoms with Gasteiger partial charge in [0.2, 0.25) is 0 Å². The quantitative estimate of drug-likeness (QED) is 0.458. The zero-order chi connectivity index (χ0) is 16.7. The molecule has 0 fully saturated rings. The minimum atomic E-state index is -0.887. The smallest absolute Gasteiger partial charge is 0.329 e. The lowest BCUT2D eigenvalue weighted by Gasteiger charge is -2.08. The Morgan fingerprint density at radius 1 is 1.09 bits per heavy atom. The lowest BCUT2D eigenvalue weighted by atomic mass is 10.1. The Balaban J connectivity index is 1.95. The van der Waals surface area contributed by atoms with Crippen molar-refractivity contribution >= 4 is 23.7 Å². The number of nitrogens with one attached hydrogen (secondary N) is 2. The standard InChI is InChI=1S/C17H17N3O3/c1-2-12-7-3-5-9-14(12)19-16(22)17(23)20-18-11-13-8-4-6-10-15(13)21/h3-11,21H,2H2,1H3,(H,19,22)(H,20,23). The third-order valence-corrected chi connectivity index (χ3v) is 3.16. The Morgan fingerprint density at radius 2 is 1.78 bits per heavy atom. The molecule has 6 nitrogen and oxygen atoms in total. The SMILES string of the molecule is CCc1ccccc1NC(=O)C(=O)NN=Cc1ccccc1O. The molecule has 118 valence electrons. The summed E-state index contributed by atoms with van der Waals surface area (Å²) in [4.78, 5) is 23.6. The van der Waals surface area contributed by atoms with Crippen LogP contribution in [0.25, 0.3) is 0 Å². The van der Waals surface area contributed by atoms with Gasteiger partial charge in [-0.1, -0.05) is 37.3 Å². The second kappa shape index (κ2) is 7.74. The van der Waals surface area contributed by atoms with Gasteiger partial charge in [0.1, 0.15) is 5.75 Å². The summed E-state index contributed by atoms with van der Waals surface area (Å²) in [6.07, 6.45) is 2.00. The van der Waals surface area contributed by atoms with Crippen LogP contribution in [0.5, 0.6) is 5.75 Å². The molecule has 2 aromatic carbocycles. The number of benzene rings is 2. The van der Waals surface area contributed by atoms with Crippen molar-refractivity contribution in [3.63, 3.8) is 0 Å². The average Bonchev–Trinajstić information content (AvgIpc) is 2.57. The molecule has 0 saturated heterocycles. The maximum Gasteiger partial charge on any atom is 0.329 e. The predicted octanol–water partition coefficient (Wildman–Crippen LogP) is 2.04. The van der Waals surface area contributed by atoms with Gasteiger partial charge in [-0.25, -0.2) is 5.43 Å². The first-order valence-electron chi connectivity index (χ1n) is 7.12. The first kappa shape index (κ1) is 16.2. The fraction of sp³-hybridized carbons (Fsp3) is 0.118. The van der Waals surface area contributed by atoms with Crippen molar-refractivity contribution in [3.8, 4) is 5.75 Å². The highest BCUT2D eigenvalue weighted by molar-refractivity contribution is 6.39. The number of aromatic hydroxyl groups is 1. The molecule has 0 aliphatic carbocycles. The number of rotatable bonds is 4. The Labute approximate surface area is 133 Å². The largest absolute Gasteiger partial charge is 0.507 e. The molecule has 0 saturated carbocycles. The van der Waals surface area contributed by atoms with Crippen LogP contribution in [0.15, 0.2) is 53.6 Å². The lowest BCUT2D eigenvalue weighted by molar-refractivity contribution is -0.136. The van der Waals surface area contributed by atoms with E-state index >= 15 is 0 Å². The van der Waals surface area contributed by atoms with Crippen LogP contribution in [-0.4, -0.2) is 23.1 Å². The topological polar surface area (TPSA) is 90.8 Å². The van der Waals surface area contributed by atoms with Crippen LogP contribution in [0.4, 0.5) is 5.69 Å². The van der Waals surface area contributed by atoms with E-state index in [1.807, 2.05) is 19.1 Å². The van der Waals surface area contributed by atoms with E-state index in [0.29, 0.717) is 11.3 Å². The maximum absolute atomic E-state index is 11.8. The molecule has 0 atom stereocenters. The van der Waals surface area contributed by atoms with Gasteiger partial charge in [-0.2, -0.15) is 5.10 Å². The number of hydrazone groups is 1. The number of hydrogen-bond acceptors (Lipinski definition) is 4. The average molecular weight is 311 g/mol. The molecule has 0 aliphatic heterocycles. The second-order valence-corrected chi connectivity index (χ2v) is 4.72. The van der Waals surface area contributed by atoms with Crippen LogP contribution in [-0.2, 0) is 16.0 Å². The van der Waals surface area contributed by atoms with E-state index in [2.05, 4.69) is 15.8 Å². The summed E-state index contributed by atoms with van der Waals surface area (Å²) in [5, 5.41) is 15.8. The molecule has 0 aromatic heterocycles. The fourth-order valence-corrected chi connectivity index (χ4v) is 1.94. The van der Waals surface area contributed by atoms with E-state index in [1.54, 1.807) is 30.3 Å². The Hall–Kier alpha value is -3.15. The first-order valence-corrected chi connectivity index (χ1v) is 7.12. The number of hydrogen-bond donors (Lipinski definition) is 3. The van der Waals surface area contributed by atoms with Crippen molar-refractivity contribution in [1.82, 2.24) is 5.43 Å². The van der Waals surface area contributed by atoms with Crippen LogP contribution >= 0.6 is 0 Å². The van der Waals surface area contributed by atoms with Crippen molar-refractivity contribution in [2.24, 2.45) is 5.10 Å². The van der Waals surface area contributed by atoms with E-state index in [4.69, 9.17) is 0 Å². The summed E-state index contributed by atoms with van der Waals surface area (Å²) in [6, 6.07) is 13.8. The molecular formula is C17H17N3O3. The van der Waals surface area contributed by atoms with Crippen molar-refractivity contribution in [2.75, 3.05) is 5.32 Å². The third kappa shape index (κ3) is 4.41. The highest BCUT2D eigenvalue weighted by Crippen LogP contribution is 2.15. The molecule has 0 unspecified atom stereocenters. The Bertz CT molecular complexity index is 741. The number of anilines is 1. The predicted molar refractivity (Wildman–Crippen MR) is 88.3 cm³/mol. The van der Waals surface area contributed by atoms with E-state index < -0.39 is 11.8 Å². The minimum Gasteiger partial charge on any atom is -0.507 e. The van der Waals surface area contributed by atoms with E-state index in [-0.39, 0.29) is 5.75 Å². The van der Waals surface area contributed by atoms with Crippen LogP contribution in [0.3, 0.4) is 0 Å². The number of para-hydroxylation sites is 2. The number of aryl methyl sites for hydroxylation is 1. The molecule has 3 N–H and O–H groups in total. The van der Waals surface area contributed by atoms with Crippen molar-refractivity contribution in [1.29, 1.82) is 0 Å². The van der Waals surface area contributed by atoms with E-state index in [9.17, 15) is 14.7 Å². The number of phenolic OH excluding ortho intramolecular Hbond substituents is 1.